The van der Waals surface area contributed by atoms with Gasteiger partial charge >= 0.3 is 0 Å². The third-order valence-corrected chi connectivity index (χ3v) is 5.96. The monoisotopic (exact) mass is 461 g/mol. The van der Waals surface area contributed by atoms with Crippen LogP contribution in [0.15, 0.2) is 30.3 Å². The lowest BCUT2D eigenvalue weighted by Gasteiger charge is -2.14. The van der Waals surface area contributed by atoms with Gasteiger partial charge in [-0.25, -0.2) is 0 Å². The lowest BCUT2D eigenvalue weighted by molar-refractivity contribution is 0.0865. The Kier molecular flexibility index (Phi) is 5.49. The van der Waals surface area contributed by atoms with E-state index in [4.69, 9.17) is 23.2 Å². The van der Waals surface area contributed by atoms with Crippen molar-refractivity contribution in [3.8, 4) is 11.1 Å². The summed E-state index contributed by atoms with van der Waals surface area (Å²) in [5.41, 5.74) is 1.65. The van der Waals surface area contributed by atoms with E-state index < -0.39 is 37.0 Å². The SMILES string of the molecule is Cn1c(C(=O)NC(CO)CO)c(Cl)c2c3c(c(-c4ccccc4Cl)cc21)C(=O)NC3=O. The van der Waals surface area contributed by atoms with E-state index in [0.717, 1.165) is 0 Å². The average Bonchev–Trinajstić information content (AvgIpc) is 3.18. The van der Waals surface area contributed by atoms with Crippen molar-refractivity contribution in [2.24, 2.45) is 7.05 Å². The lowest BCUT2D eigenvalue weighted by Crippen LogP contribution is -2.40. The summed E-state index contributed by atoms with van der Waals surface area (Å²) >= 11 is 12.9. The molecule has 0 saturated heterocycles. The third-order valence-electron chi connectivity index (χ3n) is 5.27. The molecule has 0 unspecified atom stereocenters. The van der Waals surface area contributed by atoms with Gasteiger partial charge in [0.1, 0.15) is 5.69 Å². The van der Waals surface area contributed by atoms with Crippen LogP contribution in [-0.2, 0) is 7.05 Å². The molecule has 1 aliphatic heterocycles. The Hall–Kier alpha value is -2.91. The topological polar surface area (TPSA) is 121 Å². The number of imide groups is 1. The van der Waals surface area contributed by atoms with Gasteiger partial charge in [0.05, 0.1) is 40.9 Å². The van der Waals surface area contributed by atoms with Gasteiger partial charge in [-0.05, 0) is 17.7 Å². The first-order chi connectivity index (χ1) is 14.8. The van der Waals surface area contributed by atoms with Crippen LogP contribution in [0.3, 0.4) is 0 Å². The summed E-state index contributed by atoms with van der Waals surface area (Å²) < 4.78 is 1.50. The molecule has 0 bridgehead atoms. The van der Waals surface area contributed by atoms with Crippen molar-refractivity contribution in [2.45, 2.75) is 6.04 Å². The number of aromatic nitrogens is 1. The highest BCUT2D eigenvalue weighted by atomic mass is 35.5. The number of hydrogen-bond acceptors (Lipinski definition) is 5. The Bertz CT molecular complexity index is 1260. The van der Waals surface area contributed by atoms with Crippen LogP contribution in [0.2, 0.25) is 10.0 Å². The molecule has 0 aliphatic carbocycles. The summed E-state index contributed by atoms with van der Waals surface area (Å²) in [6.45, 7) is -0.931. The predicted octanol–water partition coefficient (Wildman–Crippen LogP) is 2.12. The number of fused-ring (bicyclic) bond motifs is 3. The molecular weight excluding hydrogens is 445 g/mol. The zero-order valence-corrected chi connectivity index (χ0v) is 17.7. The molecule has 1 aromatic heterocycles. The summed E-state index contributed by atoms with van der Waals surface area (Å²) in [6, 6.07) is 7.68. The minimum atomic E-state index is -0.879. The molecule has 0 radical (unpaired) electrons. The van der Waals surface area contributed by atoms with Crippen LogP contribution in [0.25, 0.3) is 22.0 Å². The molecule has 0 spiro atoms. The number of amides is 3. The average molecular weight is 462 g/mol. The van der Waals surface area contributed by atoms with Crippen molar-refractivity contribution in [1.29, 1.82) is 0 Å². The van der Waals surface area contributed by atoms with Crippen LogP contribution >= 0.6 is 23.2 Å². The molecule has 0 fully saturated rings. The number of carbonyl (C=O) groups is 3. The number of hydrogen-bond donors (Lipinski definition) is 4. The standard InChI is InChI=1S/C21H17Cl2N3O5/c1-26-13-6-11(10-4-2-3-5-12(10)22)14-16(20(30)25-19(14)29)15(13)17(23)18(26)21(31)24-9(7-27)8-28/h2-6,9,27-28H,7-8H2,1H3,(H,24,31)(H,25,29,30). The van der Waals surface area contributed by atoms with Gasteiger partial charge in [0.25, 0.3) is 17.7 Å². The Morgan fingerprint density at radius 2 is 1.74 bits per heavy atom. The highest BCUT2D eigenvalue weighted by molar-refractivity contribution is 6.42. The highest BCUT2D eigenvalue weighted by Crippen LogP contribution is 2.42. The maximum Gasteiger partial charge on any atom is 0.269 e. The van der Waals surface area contributed by atoms with E-state index in [1.807, 2.05) is 0 Å². The number of aryl methyl sites for hydroxylation is 1. The fraction of sp³-hybridized carbons (Fsp3) is 0.190. The zero-order valence-electron chi connectivity index (χ0n) is 16.2. The zero-order chi connectivity index (χ0) is 22.4. The molecule has 31 heavy (non-hydrogen) atoms. The van der Waals surface area contributed by atoms with E-state index in [2.05, 4.69) is 10.6 Å². The van der Waals surface area contributed by atoms with Gasteiger partial charge in [-0.3, -0.25) is 19.7 Å². The molecule has 2 aromatic carbocycles. The minimum Gasteiger partial charge on any atom is -0.394 e. The molecule has 0 saturated carbocycles. The summed E-state index contributed by atoms with van der Waals surface area (Å²) in [6.07, 6.45) is 0. The van der Waals surface area contributed by atoms with Crippen LogP contribution in [0.1, 0.15) is 31.2 Å². The van der Waals surface area contributed by atoms with E-state index in [0.29, 0.717) is 21.7 Å². The van der Waals surface area contributed by atoms with Gasteiger partial charge in [-0.1, -0.05) is 41.4 Å². The van der Waals surface area contributed by atoms with E-state index in [1.165, 1.54) is 4.57 Å². The van der Waals surface area contributed by atoms with Crippen molar-refractivity contribution >= 4 is 51.8 Å². The van der Waals surface area contributed by atoms with Crippen molar-refractivity contribution in [1.82, 2.24) is 15.2 Å². The fourth-order valence-electron chi connectivity index (χ4n) is 3.78. The van der Waals surface area contributed by atoms with Crippen LogP contribution in [0, 0.1) is 0 Å². The minimum absolute atomic E-state index is 0.0172. The Morgan fingerprint density at radius 3 is 2.39 bits per heavy atom. The number of carbonyl (C=O) groups excluding carboxylic acids is 3. The molecule has 4 rings (SSSR count). The summed E-state index contributed by atoms with van der Waals surface area (Å²) in [7, 11) is 1.59. The molecule has 10 heteroatoms. The highest BCUT2D eigenvalue weighted by Gasteiger charge is 2.36. The maximum absolute atomic E-state index is 12.8. The van der Waals surface area contributed by atoms with Gasteiger partial charge in [-0.15, -0.1) is 0 Å². The maximum atomic E-state index is 12.8. The molecule has 4 N–H and O–H groups in total. The van der Waals surface area contributed by atoms with Crippen molar-refractivity contribution in [3.63, 3.8) is 0 Å². The molecule has 8 nitrogen and oxygen atoms in total. The Balaban J connectivity index is 2.03. The lowest BCUT2D eigenvalue weighted by atomic mass is 9.94. The summed E-state index contributed by atoms with van der Waals surface area (Å²) in [5, 5.41) is 23.9. The van der Waals surface area contributed by atoms with E-state index in [9.17, 15) is 24.6 Å². The van der Waals surface area contributed by atoms with Gasteiger partial charge in [0, 0.05) is 23.0 Å². The second-order valence-electron chi connectivity index (χ2n) is 7.09. The number of halogens is 2. The molecular formula is C21H17Cl2N3O5. The quantitative estimate of drug-likeness (QED) is 0.433. The molecule has 160 valence electrons. The Labute approximate surface area is 186 Å². The smallest absolute Gasteiger partial charge is 0.269 e. The van der Waals surface area contributed by atoms with Gasteiger partial charge < -0.3 is 20.1 Å². The van der Waals surface area contributed by atoms with Crippen molar-refractivity contribution < 1.29 is 24.6 Å². The Morgan fingerprint density at radius 1 is 1.10 bits per heavy atom. The first kappa shape index (κ1) is 21.3. The third kappa shape index (κ3) is 3.28. The van der Waals surface area contributed by atoms with Crippen molar-refractivity contribution in [2.75, 3.05) is 13.2 Å². The second-order valence-corrected chi connectivity index (χ2v) is 7.87. The molecule has 2 heterocycles. The number of nitrogens with zero attached hydrogens (tertiary/aromatic N) is 1. The first-order valence-corrected chi connectivity index (χ1v) is 10.0. The predicted molar refractivity (Wildman–Crippen MR) is 116 cm³/mol. The first-order valence-electron chi connectivity index (χ1n) is 9.28. The molecule has 3 aromatic rings. The van der Waals surface area contributed by atoms with Gasteiger partial charge in [0.2, 0.25) is 0 Å². The summed E-state index contributed by atoms with van der Waals surface area (Å²) in [4.78, 5) is 38.1. The number of aliphatic hydroxyl groups is 2. The van der Waals surface area contributed by atoms with Gasteiger partial charge in [0.15, 0.2) is 0 Å². The fourth-order valence-corrected chi connectivity index (χ4v) is 4.42. The second kappa shape index (κ2) is 7.97. The molecule has 0 atom stereocenters. The normalized spacial score (nSPS) is 13.1. The summed E-state index contributed by atoms with van der Waals surface area (Å²) in [5.74, 6) is -1.85. The number of nitrogens with one attached hydrogen (secondary N) is 2. The van der Waals surface area contributed by atoms with Crippen molar-refractivity contribution in [3.05, 3.63) is 57.2 Å². The van der Waals surface area contributed by atoms with E-state index in [-0.39, 0.29) is 27.2 Å². The van der Waals surface area contributed by atoms with Crippen LogP contribution < -0.4 is 10.6 Å². The van der Waals surface area contributed by atoms with E-state index in [1.54, 1.807) is 37.4 Å². The van der Waals surface area contributed by atoms with E-state index >= 15 is 0 Å². The molecule has 3 amide bonds. The van der Waals surface area contributed by atoms with Crippen LogP contribution in [-0.4, -0.2) is 51.8 Å². The molecule has 1 aliphatic rings. The van der Waals surface area contributed by atoms with Crippen LogP contribution in [0.4, 0.5) is 0 Å². The van der Waals surface area contributed by atoms with Gasteiger partial charge in [-0.2, -0.15) is 0 Å². The number of aliphatic hydroxyl groups excluding tert-OH is 2. The number of rotatable bonds is 5. The largest absolute Gasteiger partial charge is 0.394 e. The number of benzene rings is 2. The van der Waals surface area contributed by atoms with Crippen LogP contribution in [0.5, 0.6) is 0 Å².